The molecule has 0 fully saturated rings. The van der Waals surface area contributed by atoms with Crippen molar-refractivity contribution < 1.29 is 0 Å². The molecule has 0 unspecified atom stereocenters. The van der Waals surface area contributed by atoms with Gasteiger partial charge in [-0.1, -0.05) is 35.3 Å². The predicted molar refractivity (Wildman–Crippen MR) is 78.5 cm³/mol. The molecule has 0 amide bonds. The highest BCUT2D eigenvalue weighted by Gasteiger charge is 2.16. The molecule has 0 radical (unpaired) electrons. The van der Waals surface area contributed by atoms with Crippen LogP contribution < -0.4 is 0 Å². The third-order valence-corrected chi connectivity index (χ3v) is 4.17. The molecule has 1 aromatic heterocycles. The molecule has 3 rings (SSSR count). The van der Waals surface area contributed by atoms with Crippen LogP contribution in [0.5, 0.6) is 0 Å². The Morgan fingerprint density at radius 2 is 2.05 bits per heavy atom. The lowest BCUT2D eigenvalue weighted by Gasteiger charge is -2.28. The van der Waals surface area contributed by atoms with Gasteiger partial charge in [0, 0.05) is 37.9 Å². The second kappa shape index (κ2) is 5.49. The first kappa shape index (κ1) is 12.9. The minimum absolute atomic E-state index is 0.610. The van der Waals surface area contributed by atoms with Gasteiger partial charge < -0.3 is 0 Å². The van der Waals surface area contributed by atoms with Crippen molar-refractivity contribution >= 4 is 23.2 Å². The molecule has 0 spiro atoms. The number of hydrogen-bond donors (Lipinski definition) is 0. The first-order valence-electron chi connectivity index (χ1n) is 6.31. The fourth-order valence-electron chi connectivity index (χ4n) is 2.46. The molecule has 2 nitrogen and oxygen atoms in total. The van der Waals surface area contributed by atoms with Gasteiger partial charge in [0.15, 0.2) is 0 Å². The first-order chi connectivity index (χ1) is 9.22. The van der Waals surface area contributed by atoms with E-state index in [-0.39, 0.29) is 0 Å². The fraction of sp³-hybridized carbons (Fsp3) is 0.267. The van der Waals surface area contributed by atoms with Gasteiger partial charge in [-0.25, -0.2) is 0 Å². The number of nitrogens with zero attached hydrogens (tertiary/aromatic N) is 2. The molecule has 2 aromatic rings. The quantitative estimate of drug-likeness (QED) is 0.833. The molecule has 0 saturated heterocycles. The highest BCUT2D eigenvalue weighted by molar-refractivity contribution is 6.42. The number of benzene rings is 1. The average molecular weight is 293 g/mol. The summed E-state index contributed by atoms with van der Waals surface area (Å²) in [5, 5.41) is 1.23. The summed E-state index contributed by atoms with van der Waals surface area (Å²) >= 11 is 12.0. The van der Waals surface area contributed by atoms with E-state index in [0.29, 0.717) is 10.0 Å². The number of halogens is 2. The van der Waals surface area contributed by atoms with Gasteiger partial charge in [0.1, 0.15) is 0 Å². The molecule has 4 heteroatoms. The van der Waals surface area contributed by atoms with E-state index >= 15 is 0 Å². The molecular weight excluding hydrogens is 279 g/mol. The van der Waals surface area contributed by atoms with Crippen LogP contribution in [0.2, 0.25) is 10.0 Å². The Morgan fingerprint density at radius 1 is 1.16 bits per heavy atom. The second-order valence-corrected chi connectivity index (χ2v) is 5.63. The van der Waals surface area contributed by atoms with Gasteiger partial charge in [-0.05, 0) is 29.3 Å². The highest BCUT2D eigenvalue weighted by atomic mass is 35.5. The Labute approximate surface area is 123 Å². The highest BCUT2D eigenvalue weighted by Crippen LogP contribution is 2.24. The molecular formula is C15H14Cl2N2. The van der Waals surface area contributed by atoms with Crippen LogP contribution >= 0.6 is 23.2 Å². The molecule has 0 bridgehead atoms. The normalized spacial score (nSPS) is 15.3. The molecule has 19 heavy (non-hydrogen) atoms. The number of pyridine rings is 1. The summed E-state index contributed by atoms with van der Waals surface area (Å²) in [6.45, 7) is 2.87. The van der Waals surface area contributed by atoms with Gasteiger partial charge in [0.2, 0.25) is 0 Å². The van der Waals surface area contributed by atoms with Gasteiger partial charge >= 0.3 is 0 Å². The van der Waals surface area contributed by atoms with Gasteiger partial charge in [0.25, 0.3) is 0 Å². The molecule has 0 saturated carbocycles. The lowest BCUT2D eigenvalue weighted by molar-refractivity contribution is 0.243. The lowest BCUT2D eigenvalue weighted by Crippen LogP contribution is -2.30. The topological polar surface area (TPSA) is 16.1 Å². The van der Waals surface area contributed by atoms with E-state index in [9.17, 15) is 0 Å². The van der Waals surface area contributed by atoms with Crippen LogP contribution in [0.3, 0.4) is 0 Å². The molecule has 0 N–H and O–H groups in total. The van der Waals surface area contributed by atoms with Gasteiger partial charge in [-0.15, -0.1) is 0 Å². The molecule has 2 heterocycles. The van der Waals surface area contributed by atoms with Crippen LogP contribution in [0.1, 0.15) is 16.8 Å². The van der Waals surface area contributed by atoms with Gasteiger partial charge in [-0.3, -0.25) is 9.88 Å². The third kappa shape index (κ3) is 2.92. The van der Waals surface area contributed by atoms with Crippen LogP contribution in [0.15, 0.2) is 36.5 Å². The van der Waals surface area contributed by atoms with E-state index in [2.05, 4.69) is 16.0 Å². The zero-order valence-corrected chi connectivity index (χ0v) is 12.0. The average Bonchev–Trinajstić information content (AvgIpc) is 2.43. The maximum absolute atomic E-state index is 6.05. The SMILES string of the molecule is Clc1ccc(CN2CCc3ncccc3C2)cc1Cl. The summed E-state index contributed by atoms with van der Waals surface area (Å²) in [6, 6.07) is 10.00. The predicted octanol–water partition coefficient (Wildman–Crippen LogP) is 3.95. The van der Waals surface area contributed by atoms with Crippen LogP contribution in [0, 0.1) is 0 Å². The van der Waals surface area contributed by atoms with E-state index in [1.807, 2.05) is 30.5 Å². The summed E-state index contributed by atoms with van der Waals surface area (Å²) in [4.78, 5) is 6.83. The smallest absolute Gasteiger partial charge is 0.0595 e. The monoisotopic (exact) mass is 292 g/mol. The van der Waals surface area contributed by atoms with Crippen LogP contribution in [-0.4, -0.2) is 16.4 Å². The van der Waals surface area contributed by atoms with Crippen molar-refractivity contribution in [2.45, 2.75) is 19.5 Å². The maximum Gasteiger partial charge on any atom is 0.0595 e. The standard InChI is InChI=1S/C15H14Cl2N2/c16-13-4-3-11(8-14(13)17)9-19-7-5-15-12(10-19)2-1-6-18-15/h1-4,6,8H,5,7,9-10H2. The number of rotatable bonds is 2. The number of aromatic nitrogens is 1. The van der Waals surface area contributed by atoms with Crippen molar-refractivity contribution in [1.82, 2.24) is 9.88 Å². The minimum Gasteiger partial charge on any atom is -0.294 e. The van der Waals surface area contributed by atoms with Crippen LogP contribution in [0.4, 0.5) is 0 Å². The Kier molecular flexibility index (Phi) is 3.74. The van der Waals surface area contributed by atoms with Crippen molar-refractivity contribution in [1.29, 1.82) is 0 Å². The Balaban J connectivity index is 1.73. The zero-order chi connectivity index (χ0) is 13.2. The van der Waals surface area contributed by atoms with Crippen molar-refractivity contribution in [2.24, 2.45) is 0 Å². The fourth-order valence-corrected chi connectivity index (χ4v) is 2.78. The molecule has 0 atom stereocenters. The Bertz CT molecular complexity index is 598. The van der Waals surface area contributed by atoms with Gasteiger partial charge in [0.05, 0.1) is 10.0 Å². The number of fused-ring (bicyclic) bond motifs is 1. The van der Waals surface area contributed by atoms with E-state index in [0.717, 1.165) is 26.1 Å². The minimum atomic E-state index is 0.610. The first-order valence-corrected chi connectivity index (χ1v) is 7.07. The molecule has 98 valence electrons. The van der Waals surface area contributed by atoms with Crippen molar-refractivity contribution in [2.75, 3.05) is 6.54 Å². The van der Waals surface area contributed by atoms with E-state index in [4.69, 9.17) is 23.2 Å². The maximum atomic E-state index is 6.05. The molecule has 1 aromatic carbocycles. The van der Waals surface area contributed by atoms with Crippen LogP contribution in [0.25, 0.3) is 0 Å². The van der Waals surface area contributed by atoms with E-state index < -0.39 is 0 Å². The van der Waals surface area contributed by atoms with Crippen LogP contribution in [-0.2, 0) is 19.5 Å². The summed E-state index contributed by atoms with van der Waals surface area (Å²) in [5.74, 6) is 0. The second-order valence-electron chi connectivity index (χ2n) is 4.82. The van der Waals surface area contributed by atoms with Crippen molar-refractivity contribution in [3.05, 3.63) is 63.4 Å². The third-order valence-electron chi connectivity index (χ3n) is 3.43. The van der Waals surface area contributed by atoms with Gasteiger partial charge in [-0.2, -0.15) is 0 Å². The van der Waals surface area contributed by atoms with Crippen molar-refractivity contribution in [3.63, 3.8) is 0 Å². The van der Waals surface area contributed by atoms with Crippen molar-refractivity contribution in [3.8, 4) is 0 Å². The Morgan fingerprint density at radius 3 is 2.89 bits per heavy atom. The van der Waals surface area contributed by atoms with E-state index in [1.165, 1.54) is 16.8 Å². The zero-order valence-electron chi connectivity index (χ0n) is 10.4. The summed E-state index contributed by atoms with van der Waals surface area (Å²) in [6.07, 6.45) is 2.88. The molecule has 1 aliphatic rings. The number of hydrogen-bond acceptors (Lipinski definition) is 2. The summed E-state index contributed by atoms with van der Waals surface area (Å²) in [7, 11) is 0. The molecule has 1 aliphatic heterocycles. The Hall–Kier alpha value is -1.09. The lowest BCUT2D eigenvalue weighted by atomic mass is 10.1. The largest absolute Gasteiger partial charge is 0.294 e. The summed E-state index contributed by atoms with van der Waals surface area (Å²) in [5.41, 5.74) is 3.75. The van der Waals surface area contributed by atoms with E-state index in [1.54, 1.807) is 0 Å². The molecule has 0 aliphatic carbocycles. The summed E-state index contributed by atoms with van der Waals surface area (Å²) < 4.78 is 0.